The van der Waals surface area contributed by atoms with Crippen molar-refractivity contribution in [2.45, 2.75) is 26.2 Å². The smallest absolute Gasteiger partial charge is 0.143 e. The summed E-state index contributed by atoms with van der Waals surface area (Å²) in [6.07, 6.45) is 5.33. The number of nitrogens with zero attached hydrogens (tertiary/aromatic N) is 4. The van der Waals surface area contributed by atoms with E-state index in [1.807, 2.05) is 10.8 Å². The first-order valence-corrected chi connectivity index (χ1v) is 6.58. The molecular weight excluding hydrogens is 267 g/mol. The summed E-state index contributed by atoms with van der Waals surface area (Å²) in [6, 6.07) is 3.13. The molecule has 0 spiro atoms. The first kappa shape index (κ1) is 13.7. The van der Waals surface area contributed by atoms with Crippen LogP contribution in [0.1, 0.15) is 26.2 Å². The summed E-state index contributed by atoms with van der Waals surface area (Å²) in [5, 5.41) is 4.66. The fourth-order valence-electron chi connectivity index (χ4n) is 1.86. The molecule has 2 aliphatic rings. The van der Waals surface area contributed by atoms with Gasteiger partial charge in [-0.25, -0.2) is 4.39 Å². The summed E-state index contributed by atoms with van der Waals surface area (Å²) in [5.41, 5.74) is 9.92. The molecule has 6 heteroatoms. The quantitative estimate of drug-likeness (QED) is 0.272. The average molecular weight is 281 g/mol. The molecule has 0 atom stereocenters. The van der Waals surface area contributed by atoms with Crippen LogP contribution in [0.5, 0.6) is 0 Å². The Balaban J connectivity index is 0.000000151. The van der Waals surface area contributed by atoms with Gasteiger partial charge in [-0.1, -0.05) is 36.5 Å². The zero-order valence-corrected chi connectivity index (χ0v) is 11.4. The Hall–Kier alpha value is -1.71. The van der Waals surface area contributed by atoms with E-state index < -0.39 is 0 Å². The molecule has 0 bridgehead atoms. The maximum Gasteiger partial charge on any atom is 0.143 e. The van der Waals surface area contributed by atoms with E-state index in [1.165, 1.54) is 24.6 Å². The Morgan fingerprint density at radius 3 is 2.89 bits per heavy atom. The van der Waals surface area contributed by atoms with E-state index in [-0.39, 0.29) is 10.8 Å². The summed E-state index contributed by atoms with van der Waals surface area (Å²) >= 11 is 5.58. The van der Waals surface area contributed by atoms with Crippen molar-refractivity contribution >= 4 is 22.5 Å². The number of azide groups is 1. The van der Waals surface area contributed by atoms with Crippen LogP contribution in [0.2, 0.25) is 5.02 Å². The highest BCUT2D eigenvalue weighted by Gasteiger charge is 2.23. The molecule has 0 aromatic heterocycles. The van der Waals surface area contributed by atoms with E-state index in [2.05, 4.69) is 16.9 Å². The number of fused-ring (bicyclic) bond motifs is 4. The van der Waals surface area contributed by atoms with Gasteiger partial charge in [-0.3, -0.25) is 0 Å². The second-order valence-electron chi connectivity index (χ2n) is 4.33. The third-order valence-electron chi connectivity index (χ3n) is 2.94. The SMILES string of the molecule is CCCCCN=[N+]=[N-].Fc1cc2c(cc1Cl)c1cn2-1. The predicted octanol–water partition coefficient (Wildman–Crippen LogP) is 5.22. The molecule has 1 aromatic rings. The fourth-order valence-corrected chi connectivity index (χ4v) is 2.02. The lowest BCUT2D eigenvalue weighted by Crippen LogP contribution is -1.89. The molecule has 19 heavy (non-hydrogen) atoms. The molecule has 2 aliphatic heterocycles. The molecule has 0 radical (unpaired) electrons. The molecule has 1 aromatic carbocycles. The van der Waals surface area contributed by atoms with Gasteiger partial charge in [0.25, 0.3) is 0 Å². The van der Waals surface area contributed by atoms with Crippen LogP contribution in [0.4, 0.5) is 4.39 Å². The minimum atomic E-state index is -0.343. The van der Waals surface area contributed by atoms with E-state index >= 15 is 0 Å². The molecule has 3 rings (SSSR count). The average Bonchev–Trinajstić information content (AvgIpc) is 3.13. The Bertz CT molecular complexity index is 602. The van der Waals surface area contributed by atoms with Crippen LogP contribution < -0.4 is 0 Å². The third kappa shape index (κ3) is 3.00. The van der Waals surface area contributed by atoms with Gasteiger partial charge in [0.05, 0.1) is 16.2 Å². The van der Waals surface area contributed by atoms with Crippen LogP contribution in [0, 0.1) is 5.82 Å². The van der Waals surface area contributed by atoms with Gasteiger partial charge >= 0.3 is 0 Å². The molecule has 0 saturated carbocycles. The van der Waals surface area contributed by atoms with Gasteiger partial charge in [-0.15, -0.1) is 0 Å². The van der Waals surface area contributed by atoms with Crippen molar-refractivity contribution in [3.63, 3.8) is 0 Å². The zero-order valence-electron chi connectivity index (χ0n) is 10.6. The third-order valence-corrected chi connectivity index (χ3v) is 3.23. The second-order valence-corrected chi connectivity index (χ2v) is 4.74. The molecule has 0 unspecified atom stereocenters. The van der Waals surface area contributed by atoms with Gasteiger partial charge in [0, 0.05) is 29.1 Å². The van der Waals surface area contributed by atoms with Crippen molar-refractivity contribution in [2.75, 3.05) is 6.54 Å². The van der Waals surface area contributed by atoms with Crippen molar-refractivity contribution in [3.05, 3.63) is 39.6 Å². The van der Waals surface area contributed by atoms with Crippen LogP contribution in [-0.4, -0.2) is 11.1 Å². The molecule has 0 fully saturated rings. The van der Waals surface area contributed by atoms with Crippen LogP contribution in [-0.2, 0) is 0 Å². The summed E-state index contributed by atoms with van der Waals surface area (Å²) in [4.78, 5) is 2.63. The lowest BCUT2D eigenvalue weighted by Gasteiger charge is -2.05. The lowest BCUT2D eigenvalue weighted by atomic mass is 10.2. The van der Waals surface area contributed by atoms with Crippen LogP contribution >= 0.6 is 11.6 Å². The molecule has 0 aliphatic carbocycles. The van der Waals surface area contributed by atoms with Gasteiger partial charge in [0.1, 0.15) is 5.82 Å². The van der Waals surface area contributed by atoms with Gasteiger partial charge in [-0.2, -0.15) is 0 Å². The molecule has 100 valence electrons. The molecule has 0 saturated heterocycles. The van der Waals surface area contributed by atoms with Crippen molar-refractivity contribution in [1.82, 2.24) is 4.57 Å². The maximum atomic E-state index is 12.8. The standard InChI is InChI=1S/C8H3ClFN.C5H11N3/c9-5-1-4-7(2-6(5)10)11-3-8(4)11;1-2-3-4-5-7-8-6/h1-3H;2-5H2,1H3. The molecule has 4 nitrogen and oxygen atoms in total. The van der Waals surface area contributed by atoms with Crippen molar-refractivity contribution in [2.24, 2.45) is 5.11 Å². The first-order valence-electron chi connectivity index (χ1n) is 6.20. The Labute approximate surface area is 115 Å². The number of hydrogen-bond acceptors (Lipinski definition) is 1. The van der Waals surface area contributed by atoms with Crippen LogP contribution in [0.3, 0.4) is 0 Å². The number of unbranched alkanes of at least 4 members (excludes halogenated alkanes) is 2. The largest absolute Gasteiger partial charge is 0.312 e. The molecule has 0 N–H and O–H groups in total. The van der Waals surface area contributed by atoms with E-state index in [1.54, 1.807) is 6.07 Å². The van der Waals surface area contributed by atoms with Gasteiger partial charge in [0.15, 0.2) is 0 Å². The number of halogens is 2. The second kappa shape index (κ2) is 5.95. The molecule has 2 heterocycles. The fraction of sp³-hybridized carbons (Fsp3) is 0.385. The zero-order chi connectivity index (χ0) is 13.8. The van der Waals surface area contributed by atoms with Gasteiger partial charge in [-0.05, 0) is 18.0 Å². The van der Waals surface area contributed by atoms with Crippen LogP contribution in [0.15, 0.2) is 23.4 Å². The first-order chi connectivity index (χ1) is 9.19. The minimum absolute atomic E-state index is 0.205. The highest BCUT2D eigenvalue weighted by Crippen LogP contribution is 2.40. The maximum absolute atomic E-state index is 12.8. The number of aromatic nitrogens is 1. The van der Waals surface area contributed by atoms with E-state index in [0.717, 1.165) is 17.3 Å². The van der Waals surface area contributed by atoms with E-state index in [0.29, 0.717) is 6.54 Å². The van der Waals surface area contributed by atoms with Crippen molar-refractivity contribution < 1.29 is 4.39 Å². The highest BCUT2D eigenvalue weighted by atomic mass is 35.5. The van der Waals surface area contributed by atoms with Crippen molar-refractivity contribution in [1.29, 1.82) is 0 Å². The monoisotopic (exact) mass is 280 g/mol. The van der Waals surface area contributed by atoms with Crippen LogP contribution in [0.25, 0.3) is 27.0 Å². The van der Waals surface area contributed by atoms with E-state index in [9.17, 15) is 4.39 Å². The van der Waals surface area contributed by atoms with E-state index in [4.69, 9.17) is 17.1 Å². The highest BCUT2D eigenvalue weighted by molar-refractivity contribution is 6.31. The topological polar surface area (TPSA) is 53.7 Å². The lowest BCUT2D eigenvalue weighted by molar-refractivity contribution is 0.629. The van der Waals surface area contributed by atoms with Crippen molar-refractivity contribution in [3.8, 4) is 5.69 Å². The predicted molar refractivity (Wildman–Crippen MR) is 75.3 cm³/mol. The summed E-state index contributed by atoms with van der Waals surface area (Å²) in [6.45, 7) is 2.78. The normalized spacial score (nSPS) is 10.7. The number of rotatable bonds is 4. The van der Waals surface area contributed by atoms with Gasteiger partial charge < -0.3 is 4.57 Å². The Kier molecular flexibility index (Phi) is 4.30. The molecular formula is C13H14ClFN4. The summed E-state index contributed by atoms with van der Waals surface area (Å²) in [5.74, 6) is -0.343. The Morgan fingerprint density at radius 1 is 1.42 bits per heavy atom. The Morgan fingerprint density at radius 2 is 2.21 bits per heavy atom. The number of hydrogen-bond donors (Lipinski definition) is 0. The number of benzene rings is 1. The molecule has 0 amide bonds. The summed E-state index contributed by atoms with van der Waals surface area (Å²) in [7, 11) is 0. The summed E-state index contributed by atoms with van der Waals surface area (Å²) < 4.78 is 14.7. The minimum Gasteiger partial charge on any atom is -0.312 e. The van der Waals surface area contributed by atoms with Gasteiger partial charge in [0.2, 0.25) is 0 Å².